The summed E-state index contributed by atoms with van der Waals surface area (Å²) >= 11 is 0. The van der Waals surface area contributed by atoms with E-state index in [4.69, 9.17) is 4.52 Å². The second kappa shape index (κ2) is 6.86. The summed E-state index contributed by atoms with van der Waals surface area (Å²) in [4.78, 5) is 28.6. The Morgan fingerprint density at radius 3 is 2.68 bits per heavy atom. The lowest BCUT2D eigenvalue weighted by atomic mass is 10.1. The average Bonchev–Trinajstić information content (AvgIpc) is 2.80. The third-order valence-corrected chi connectivity index (χ3v) is 2.70. The molecule has 0 bridgehead atoms. The fraction of sp³-hybridized carbons (Fsp3) is 0.667. The molecular weight excluding hydrogens is 250 g/mol. The molecule has 7 nitrogen and oxygen atoms in total. The van der Waals surface area contributed by atoms with Gasteiger partial charge in [0.25, 0.3) is 0 Å². The Morgan fingerprint density at radius 2 is 2.16 bits per heavy atom. The lowest BCUT2D eigenvalue weighted by molar-refractivity contribution is -0.146. The summed E-state index contributed by atoms with van der Waals surface area (Å²) in [6, 6.07) is 0. The number of hydrogen-bond donors (Lipinski definition) is 0. The van der Waals surface area contributed by atoms with E-state index in [1.807, 2.05) is 0 Å². The van der Waals surface area contributed by atoms with Crippen molar-refractivity contribution in [2.75, 3.05) is 20.7 Å². The van der Waals surface area contributed by atoms with Gasteiger partial charge in [-0.05, 0) is 6.92 Å². The number of rotatable bonds is 6. The molecule has 106 valence electrons. The molecule has 0 aliphatic carbocycles. The highest BCUT2D eigenvalue weighted by molar-refractivity contribution is 5.77. The van der Waals surface area contributed by atoms with E-state index in [0.717, 1.165) is 0 Å². The first-order valence-corrected chi connectivity index (χ1v) is 6.05. The van der Waals surface area contributed by atoms with Gasteiger partial charge in [0.15, 0.2) is 5.82 Å². The van der Waals surface area contributed by atoms with E-state index < -0.39 is 0 Å². The van der Waals surface area contributed by atoms with Crippen molar-refractivity contribution in [3.63, 3.8) is 0 Å². The zero-order chi connectivity index (χ0) is 14.4. The predicted octanol–water partition coefficient (Wildman–Crippen LogP) is 0.578. The van der Waals surface area contributed by atoms with E-state index in [0.29, 0.717) is 24.7 Å². The fourth-order valence-corrected chi connectivity index (χ4v) is 1.63. The summed E-state index contributed by atoms with van der Waals surface area (Å²) in [5.74, 6) is 0.249. The minimum Gasteiger partial charge on any atom is -0.469 e. The largest absolute Gasteiger partial charge is 0.469 e. The monoisotopic (exact) mass is 269 g/mol. The minimum absolute atomic E-state index is 0.0772. The molecule has 7 heteroatoms. The lowest BCUT2D eigenvalue weighted by Gasteiger charge is -2.19. The van der Waals surface area contributed by atoms with Crippen LogP contribution in [0.25, 0.3) is 0 Å². The molecule has 1 aromatic heterocycles. The van der Waals surface area contributed by atoms with Crippen LogP contribution in [0.5, 0.6) is 0 Å². The maximum Gasteiger partial charge on any atom is 0.310 e. The van der Waals surface area contributed by atoms with Crippen LogP contribution in [-0.2, 0) is 20.7 Å². The fourth-order valence-electron chi connectivity index (χ4n) is 1.63. The van der Waals surface area contributed by atoms with Crippen LogP contribution < -0.4 is 0 Å². The van der Waals surface area contributed by atoms with Gasteiger partial charge in [-0.15, -0.1) is 0 Å². The summed E-state index contributed by atoms with van der Waals surface area (Å²) in [6.07, 6.45) is 0.669. The second-order valence-electron chi connectivity index (χ2n) is 4.43. The third kappa shape index (κ3) is 4.69. The molecule has 1 aromatic rings. The van der Waals surface area contributed by atoms with Crippen LogP contribution in [0.15, 0.2) is 4.52 Å². The summed E-state index contributed by atoms with van der Waals surface area (Å²) in [6.45, 7) is 3.77. The molecule has 1 heterocycles. The van der Waals surface area contributed by atoms with Crippen LogP contribution >= 0.6 is 0 Å². The smallest absolute Gasteiger partial charge is 0.310 e. The molecule has 0 spiro atoms. The first-order chi connectivity index (χ1) is 8.93. The van der Waals surface area contributed by atoms with E-state index >= 15 is 0 Å². The number of carbonyl (C=O) groups excluding carboxylic acids is 2. The third-order valence-electron chi connectivity index (χ3n) is 2.70. The Labute approximate surface area is 111 Å². The van der Waals surface area contributed by atoms with E-state index in [1.165, 1.54) is 12.0 Å². The van der Waals surface area contributed by atoms with Crippen LogP contribution in [0.2, 0.25) is 0 Å². The van der Waals surface area contributed by atoms with Crippen LogP contribution in [0.3, 0.4) is 0 Å². The number of hydrogen-bond acceptors (Lipinski definition) is 6. The number of methoxy groups -OCH3 is 1. The van der Waals surface area contributed by atoms with E-state index in [1.54, 1.807) is 20.9 Å². The van der Waals surface area contributed by atoms with Gasteiger partial charge in [-0.25, -0.2) is 0 Å². The standard InChI is InChI=1S/C12H19N3O4/c1-8(12(17)18-4)7-15(3)11(16)6-5-10-13-9(2)14-19-10/h8H,5-7H2,1-4H3. The average molecular weight is 269 g/mol. The van der Waals surface area contributed by atoms with Gasteiger partial charge in [0.1, 0.15) is 0 Å². The van der Waals surface area contributed by atoms with Gasteiger partial charge in [0.2, 0.25) is 11.8 Å². The second-order valence-corrected chi connectivity index (χ2v) is 4.43. The minimum atomic E-state index is -0.343. The Balaban J connectivity index is 2.38. The van der Waals surface area contributed by atoms with Gasteiger partial charge < -0.3 is 14.2 Å². The lowest BCUT2D eigenvalue weighted by Crippen LogP contribution is -2.34. The maximum atomic E-state index is 11.9. The van der Waals surface area contributed by atoms with E-state index in [2.05, 4.69) is 14.9 Å². The number of aryl methyl sites for hydroxylation is 2. The normalized spacial score (nSPS) is 12.0. The van der Waals surface area contributed by atoms with Crippen molar-refractivity contribution in [2.24, 2.45) is 5.92 Å². The molecule has 1 amide bonds. The number of nitrogens with zero attached hydrogens (tertiary/aromatic N) is 3. The van der Waals surface area contributed by atoms with Gasteiger partial charge in [-0.2, -0.15) is 4.98 Å². The summed E-state index contributed by atoms with van der Waals surface area (Å²) < 4.78 is 9.54. The molecule has 0 aromatic carbocycles. The van der Waals surface area contributed by atoms with Crippen molar-refractivity contribution in [1.29, 1.82) is 0 Å². The van der Waals surface area contributed by atoms with Crippen molar-refractivity contribution in [1.82, 2.24) is 15.0 Å². The van der Waals surface area contributed by atoms with E-state index in [9.17, 15) is 9.59 Å². The number of esters is 1. The van der Waals surface area contributed by atoms with Gasteiger partial charge in [-0.3, -0.25) is 9.59 Å². The molecule has 0 saturated carbocycles. The Kier molecular flexibility index (Phi) is 5.47. The number of aromatic nitrogens is 2. The highest BCUT2D eigenvalue weighted by Gasteiger charge is 2.19. The topological polar surface area (TPSA) is 85.5 Å². The Bertz CT molecular complexity index is 444. The molecule has 0 radical (unpaired) electrons. The zero-order valence-corrected chi connectivity index (χ0v) is 11.7. The molecular formula is C12H19N3O4. The summed E-state index contributed by atoms with van der Waals surface area (Å²) in [5, 5.41) is 3.65. The Hall–Kier alpha value is -1.92. The SMILES string of the molecule is COC(=O)C(C)CN(C)C(=O)CCc1nc(C)no1. The zero-order valence-electron chi connectivity index (χ0n) is 11.7. The van der Waals surface area contributed by atoms with Crippen molar-refractivity contribution in [3.8, 4) is 0 Å². The van der Waals surface area contributed by atoms with Gasteiger partial charge >= 0.3 is 5.97 Å². The van der Waals surface area contributed by atoms with Crippen LogP contribution in [0.1, 0.15) is 25.1 Å². The quantitative estimate of drug-likeness (QED) is 0.702. The molecule has 0 N–H and O–H groups in total. The number of ether oxygens (including phenoxy) is 1. The number of amides is 1. The molecule has 0 aliphatic heterocycles. The maximum absolute atomic E-state index is 11.9. The van der Waals surface area contributed by atoms with Crippen molar-refractivity contribution in [3.05, 3.63) is 11.7 Å². The van der Waals surface area contributed by atoms with Crippen LogP contribution in [0.4, 0.5) is 0 Å². The first kappa shape index (κ1) is 15.1. The molecule has 0 saturated heterocycles. The number of carbonyl (C=O) groups is 2. The van der Waals surface area contributed by atoms with E-state index in [-0.39, 0.29) is 24.2 Å². The van der Waals surface area contributed by atoms with Crippen molar-refractivity contribution >= 4 is 11.9 Å². The molecule has 0 aliphatic rings. The first-order valence-electron chi connectivity index (χ1n) is 6.05. The molecule has 1 atom stereocenters. The van der Waals surface area contributed by atoms with Gasteiger partial charge in [0.05, 0.1) is 13.0 Å². The molecule has 1 unspecified atom stereocenters. The highest BCUT2D eigenvalue weighted by atomic mass is 16.5. The van der Waals surface area contributed by atoms with Crippen LogP contribution in [0, 0.1) is 12.8 Å². The molecule has 19 heavy (non-hydrogen) atoms. The highest BCUT2D eigenvalue weighted by Crippen LogP contribution is 2.05. The van der Waals surface area contributed by atoms with Gasteiger partial charge in [-0.1, -0.05) is 12.1 Å². The van der Waals surface area contributed by atoms with Crippen LogP contribution in [-0.4, -0.2) is 47.6 Å². The summed E-state index contributed by atoms with van der Waals surface area (Å²) in [7, 11) is 2.99. The Morgan fingerprint density at radius 1 is 1.47 bits per heavy atom. The van der Waals surface area contributed by atoms with Gasteiger partial charge in [0, 0.05) is 26.4 Å². The summed E-state index contributed by atoms with van der Waals surface area (Å²) in [5.41, 5.74) is 0. The van der Waals surface area contributed by atoms with Crippen molar-refractivity contribution < 1.29 is 18.8 Å². The van der Waals surface area contributed by atoms with Crippen molar-refractivity contribution in [2.45, 2.75) is 26.7 Å². The predicted molar refractivity (Wildman–Crippen MR) is 66.2 cm³/mol. The molecule has 0 fully saturated rings. The molecule has 1 rings (SSSR count).